The lowest BCUT2D eigenvalue weighted by Gasteiger charge is -2.30. The van der Waals surface area contributed by atoms with E-state index in [1.165, 1.54) is 5.56 Å². The van der Waals surface area contributed by atoms with Crippen LogP contribution in [-0.2, 0) is 25.7 Å². The Bertz CT molecular complexity index is 1280. The van der Waals surface area contributed by atoms with Gasteiger partial charge >= 0.3 is 24.3 Å². The summed E-state index contributed by atoms with van der Waals surface area (Å²) in [6.07, 6.45) is -8.48. The maximum absolute atomic E-state index is 12.7. The fraction of sp³-hybridized carbons (Fsp3) is 0.370. The number of piperidine rings is 1. The zero-order valence-corrected chi connectivity index (χ0v) is 23.5. The highest BCUT2D eigenvalue weighted by Gasteiger charge is 2.39. The summed E-state index contributed by atoms with van der Waals surface area (Å²) in [6, 6.07) is 16.2. The van der Waals surface area contributed by atoms with Crippen molar-refractivity contribution in [3.05, 3.63) is 71.3 Å². The Morgan fingerprint density at radius 2 is 1.47 bits per heavy atom. The van der Waals surface area contributed by atoms with Crippen molar-refractivity contribution in [2.75, 3.05) is 6.54 Å². The number of carboxylic acids is 2. The Morgan fingerprint density at radius 3 is 1.93 bits per heavy atom. The first-order valence-electron chi connectivity index (χ1n) is 12.9. The second-order valence-electron chi connectivity index (χ2n) is 9.37. The van der Waals surface area contributed by atoms with E-state index in [4.69, 9.17) is 30.7 Å². The molecule has 1 unspecified atom stereocenters. The van der Waals surface area contributed by atoms with Gasteiger partial charge in [-0.15, -0.1) is 0 Å². The molecule has 248 valence electrons. The average molecular weight is 652 g/mol. The molecule has 0 bridgehead atoms. The summed E-state index contributed by atoms with van der Waals surface area (Å²) in [5.41, 5.74) is 8.23. The molecule has 45 heavy (non-hydrogen) atoms. The SMILES string of the molecule is CC(NC(=O)[C@H]1C[C@@H](c2ccccc2)CCN1)C(=O)NCc1ccc(/C(N)=N/O)cc1.O=C(O)C(F)(F)F.O=C(O)C(F)(F)F. The van der Waals surface area contributed by atoms with Crippen molar-refractivity contribution in [1.29, 1.82) is 0 Å². The van der Waals surface area contributed by atoms with Crippen LogP contribution >= 0.6 is 0 Å². The summed E-state index contributed by atoms with van der Waals surface area (Å²) in [6.45, 7) is 2.75. The minimum Gasteiger partial charge on any atom is -0.475 e. The van der Waals surface area contributed by atoms with Crippen LogP contribution in [0.4, 0.5) is 26.3 Å². The minimum atomic E-state index is -5.08. The molecule has 8 N–H and O–H groups in total. The molecule has 0 saturated carbocycles. The topological polar surface area (TPSA) is 203 Å². The third kappa shape index (κ3) is 14.0. The lowest BCUT2D eigenvalue weighted by Crippen LogP contribution is -2.53. The maximum Gasteiger partial charge on any atom is 0.490 e. The lowest BCUT2D eigenvalue weighted by atomic mass is 9.86. The Hall–Kier alpha value is -4.87. The fourth-order valence-electron chi connectivity index (χ4n) is 3.72. The fourth-order valence-corrected chi connectivity index (χ4v) is 3.72. The normalized spacial score (nSPS) is 17.3. The number of oxime groups is 1. The first-order valence-corrected chi connectivity index (χ1v) is 12.9. The minimum absolute atomic E-state index is 0.0257. The van der Waals surface area contributed by atoms with Gasteiger partial charge in [0.1, 0.15) is 6.04 Å². The molecular weight excluding hydrogens is 620 g/mol. The van der Waals surface area contributed by atoms with Crippen molar-refractivity contribution < 1.29 is 60.9 Å². The summed E-state index contributed by atoms with van der Waals surface area (Å²) < 4.78 is 63.5. The lowest BCUT2D eigenvalue weighted by molar-refractivity contribution is -0.193. The molecule has 1 fully saturated rings. The Kier molecular flexibility index (Phi) is 14.8. The predicted molar refractivity (Wildman–Crippen MR) is 146 cm³/mol. The molecule has 3 rings (SSSR count). The van der Waals surface area contributed by atoms with E-state index in [1.54, 1.807) is 31.2 Å². The number of rotatable bonds is 7. The van der Waals surface area contributed by atoms with Crippen molar-refractivity contribution in [2.24, 2.45) is 10.9 Å². The van der Waals surface area contributed by atoms with Gasteiger partial charge < -0.3 is 37.1 Å². The van der Waals surface area contributed by atoms with E-state index in [-0.39, 0.29) is 23.7 Å². The number of benzene rings is 2. The molecule has 0 spiro atoms. The number of hydrogen-bond donors (Lipinski definition) is 7. The number of nitrogens with two attached hydrogens (primary N) is 1. The van der Waals surface area contributed by atoms with Crippen LogP contribution in [0.1, 0.15) is 42.4 Å². The van der Waals surface area contributed by atoms with Gasteiger partial charge in [-0.25, -0.2) is 9.59 Å². The van der Waals surface area contributed by atoms with Crippen LogP contribution in [0.3, 0.4) is 0 Å². The quantitative estimate of drug-likeness (QED) is 0.0772. The number of alkyl halides is 6. The van der Waals surface area contributed by atoms with Gasteiger partial charge in [-0.05, 0) is 43.4 Å². The molecule has 1 heterocycles. The van der Waals surface area contributed by atoms with Crippen molar-refractivity contribution >= 4 is 29.6 Å². The van der Waals surface area contributed by atoms with E-state index < -0.39 is 30.3 Å². The summed E-state index contributed by atoms with van der Waals surface area (Å²) in [5, 5.41) is 34.8. The number of carbonyl (C=O) groups is 4. The van der Waals surface area contributed by atoms with E-state index in [9.17, 15) is 35.9 Å². The second-order valence-corrected chi connectivity index (χ2v) is 9.37. The Morgan fingerprint density at radius 1 is 0.956 bits per heavy atom. The molecule has 2 aromatic carbocycles. The molecular formula is C27H31F6N5O7. The smallest absolute Gasteiger partial charge is 0.475 e. The standard InChI is InChI=1S/C23H29N5O3.2C2HF3O2/c1-15(22(29)26-14-16-7-9-18(10-8-16)21(24)28-31)27-23(30)20-13-19(11-12-25-20)17-5-3-2-4-6-17;2*3-2(4,5)1(6)7/h2-10,15,19-20,25,31H,11-14H2,1H3,(H2,24,28)(H,26,29)(H,27,30);2*(H,6,7)/t15?,19-,20+;;/m0../s1. The molecule has 2 aromatic rings. The number of hydrogen-bond acceptors (Lipinski definition) is 7. The monoisotopic (exact) mass is 651 g/mol. The number of amidine groups is 1. The predicted octanol–water partition coefficient (Wildman–Crippen LogP) is 2.70. The number of halogens is 6. The van der Waals surface area contributed by atoms with Crippen LogP contribution in [0.5, 0.6) is 0 Å². The molecule has 0 aliphatic carbocycles. The van der Waals surface area contributed by atoms with Crippen LogP contribution in [0.25, 0.3) is 0 Å². The van der Waals surface area contributed by atoms with Crippen LogP contribution in [0.2, 0.25) is 0 Å². The third-order valence-electron chi connectivity index (χ3n) is 6.05. The van der Waals surface area contributed by atoms with Crippen molar-refractivity contribution in [2.45, 2.75) is 56.7 Å². The molecule has 1 aliphatic heterocycles. The van der Waals surface area contributed by atoms with Gasteiger partial charge in [-0.1, -0.05) is 59.8 Å². The van der Waals surface area contributed by atoms with Gasteiger partial charge in [-0.2, -0.15) is 26.3 Å². The largest absolute Gasteiger partial charge is 0.490 e. The van der Waals surface area contributed by atoms with E-state index >= 15 is 0 Å². The molecule has 2 amide bonds. The van der Waals surface area contributed by atoms with Gasteiger partial charge in [0, 0.05) is 12.1 Å². The average Bonchev–Trinajstić information content (AvgIpc) is 2.99. The first-order chi connectivity index (χ1) is 20.9. The number of nitrogens with one attached hydrogen (secondary N) is 3. The molecule has 12 nitrogen and oxygen atoms in total. The number of amides is 2. The first kappa shape index (κ1) is 38.2. The highest BCUT2D eigenvalue weighted by Crippen LogP contribution is 2.27. The summed E-state index contributed by atoms with van der Waals surface area (Å²) >= 11 is 0. The van der Waals surface area contributed by atoms with Gasteiger partial charge in [0.15, 0.2) is 5.84 Å². The van der Waals surface area contributed by atoms with Crippen molar-refractivity contribution in [3.63, 3.8) is 0 Å². The number of nitrogens with zero attached hydrogens (tertiary/aromatic N) is 1. The van der Waals surface area contributed by atoms with Gasteiger partial charge in [0.2, 0.25) is 11.8 Å². The summed E-state index contributed by atoms with van der Waals surface area (Å²) in [5.74, 6) is -5.58. The highest BCUT2D eigenvalue weighted by molar-refractivity contribution is 5.97. The van der Waals surface area contributed by atoms with E-state index in [1.807, 2.05) is 18.2 Å². The van der Waals surface area contributed by atoms with E-state index in [0.29, 0.717) is 24.4 Å². The van der Waals surface area contributed by atoms with Gasteiger partial charge in [0.25, 0.3) is 0 Å². The maximum atomic E-state index is 12.7. The number of carboxylic acid groups (broad SMARTS) is 2. The van der Waals surface area contributed by atoms with Crippen molar-refractivity contribution in [3.8, 4) is 0 Å². The number of aliphatic carboxylic acids is 2. The molecule has 18 heteroatoms. The molecule has 0 radical (unpaired) electrons. The molecule has 3 atom stereocenters. The van der Waals surface area contributed by atoms with Crippen molar-refractivity contribution in [1.82, 2.24) is 16.0 Å². The molecule has 1 aliphatic rings. The van der Waals surface area contributed by atoms with Crippen LogP contribution in [0.15, 0.2) is 59.8 Å². The molecule has 0 aromatic heterocycles. The summed E-state index contributed by atoms with van der Waals surface area (Å²) in [7, 11) is 0. The van der Waals surface area contributed by atoms with Crippen LogP contribution in [0, 0.1) is 0 Å². The van der Waals surface area contributed by atoms with Crippen LogP contribution < -0.4 is 21.7 Å². The zero-order valence-electron chi connectivity index (χ0n) is 23.5. The van der Waals surface area contributed by atoms with E-state index in [2.05, 4.69) is 33.2 Å². The Balaban J connectivity index is 0.000000601. The highest BCUT2D eigenvalue weighted by atomic mass is 19.4. The summed E-state index contributed by atoms with van der Waals surface area (Å²) in [4.78, 5) is 42.9. The van der Waals surface area contributed by atoms with Gasteiger partial charge in [0.05, 0.1) is 6.04 Å². The van der Waals surface area contributed by atoms with E-state index in [0.717, 1.165) is 18.5 Å². The zero-order chi connectivity index (χ0) is 34.4. The second kappa shape index (κ2) is 17.4. The number of carbonyl (C=O) groups excluding carboxylic acids is 2. The molecule has 1 saturated heterocycles. The third-order valence-corrected chi connectivity index (χ3v) is 6.05. The van der Waals surface area contributed by atoms with Gasteiger partial charge in [-0.3, -0.25) is 9.59 Å². The van der Waals surface area contributed by atoms with Crippen LogP contribution in [-0.4, -0.2) is 76.0 Å². The Labute approximate surface area is 252 Å².